The summed E-state index contributed by atoms with van der Waals surface area (Å²) in [6, 6.07) is 7.65. The van der Waals surface area contributed by atoms with Crippen molar-refractivity contribution < 1.29 is 5.11 Å². The van der Waals surface area contributed by atoms with Gasteiger partial charge in [0.25, 0.3) is 0 Å². The Hall–Kier alpha value is -1.20. The summed E-state index contributed by atoms with van der Waals surface area (Å²) in [6.45, 7) is 0.202. The Morgan fingerprint density at radius 1 is 1.13 bits per heavy atom. The van der Waals surface area contributed by atoms with Crippen molar-refractivity contribution in [1.29, 1.82) is 0 Å². The highest BCUT2D eigenvalue weighted by Gasteiger charge is 2.00. The van der Waals surface area contributed by atoms with Crippen LogP contribution in [-0.4, -0.2) is 32.6 Å². The molecule has 0 aliphatic heterocycles. The highest BCUT2D eigenvalue weighted by Crippen LogP contribution is 2.15. The summed E-state index contributed by atoms with van der Waals surface area (Å²) in [5.41, 5.74) is 1.67. The summed E-state index contributed by atoms with van der Waals surface area (Å²) < 4.78 is 0. The van der Waals surface area contributed by atoms with E-state index >= 15 is 0 Å². The number of aromatic nitrogens is 3. The summed E-state index contributed by atoms with van der Waals surface area (Å²) in [5, 5.41) is 17.4. The number of fused-ring (bicyclic) bond motifs is 1. The predicted molar refractivity (Wildman–Crippen MR) is 59.8 cm³/mol. The summed E-state index contributed by atoms with van der Waals surface area (Å²) >= 11 is 1.52. The minimum atomic E-state index is 0.202. The van der Waals surface area contributed by atoms with E-state index in [4.69, 9.17) is 5.11 Å². The van der Waals surface area contributed by atoms with Crippen LogP contribution in [0.3, 0.4) is 0 Å². The molecule has 0 atom stereocenters. The van der Waals surface area contributed by atoms with Gasteiger partial charge in [-0.1, -0.05) is 23.9 Å². The van der Waals surface area contributed by atoms with Gasteiger partial charge in [0.1, 0.15) is 5.52 Å². The van der Waals surface area contributed by atoms with Crippen molar-refractivity contribution in [3.05, 3.63) is 24.3 Å². The Morgan fingerprint density at radius 3 is 2.73 bits per heavy atom. The second-order valence-electron chi connectivity index (χ2n) is 3.01. The smallest absolute Gasteiger partial charge is 0.209 e. The monoisotopic (exact) mass is 221 g/mol. The molecular formula is C10H11N3OS. The maximum absolute atomic E-state index is 8.65. The van der Waals surface area contributed by atoms with Crippen molar-refractivity contribution in [3.8, 4) is 0 Å². The Labute approximate surface area is 91.8 Å². The van der Waals surface area contributed by atoms with Gasteiger partial charge in [-0.3, -0.25) is 0 Å². The molecule has 1 N–H and O–H groups in total. The van der Waals surface area contributed by atoms with Crippen molar-refractivity contribution in [2.24, 2.45) is 0 Å². The Kier molecular flexibility index (Phi) is 3.47. The molecule has 78 valence electrons. The number of aliphatic hydroxyl groups is 1. The summed E-state index contributed by atoms with van der Waals surface area (Å²) in [4.78, 5) is 4.35. The normalized spacial score (nSPS) is 10.7. The van der Waals surface area contributed by atoms with Gasteiger partial charge < -0.3 is 5.11 Å². The molecule has 1 aromatic carbocycles. The molecule has 15 heavy (non-hydrogen) atoms. The highest BCUT2D eigenvalue weighted by atomic mass is 32.2. The largest absolute Gasteiger partial charge is 0.396 e. The van der Waals surface area contributed by atoms with Gasteiger partial charge in [0, 0.05) is 12.4 Å². The van der Waals surface area contributed by atoms with E-state index in [1.54, 1.807) is 0 Å². The first-order valence-corrected chi connectivity index (χ1v) is 5.72. The third-order valence-corrected chi connectivity index (χ3v) is 2.80. The fourth-order valence-electron chi connectivity index (χ4n) is 1.15. The zero-order valence-electron chi connectivity index (χ0n) is 8.13. The summed E-state index contributed by atoms with van der Waals surface area (Å²) in [5.74, 6) is 0.816. The van der Waals surface area contributed by atoms with Crippen LogP contribution >= 0.6 is 11.8 Å². The van der Waals surface area contributed by atoms with Crippen LogP contribution in [0.2, 0.25) is 0 Å². The number of aliphatic hydroxyl groups excluding tert-OH is 1. The minimum absolute atomic E-state index is 0.202. The van der Waals surface area contributed by atoms with Crippen molar-refractivity contribution in [2.45, 2.75) is 11.6 Å². The lowest BCUT2D eigenvalue weighted by molar-refractivity contribution is 0.296. The fourth-order valence-corrected chi connectivity index (χ4v) is 1.87. The lowest BCUT2D eigenvalue weighted by atomic mass is 10.3. The molecule has 4 nitrogen and oxygen atoms in total. The van der Waals surface area contributed by atoms with Crippen molar-refractivity contribution >= 4 is 22.8 Å². The van der Waals surface area contributed by atoms with E-state index in [1.165, 1.54) is 11.8 Å². The second kappa shape index (κ2) is 5.04. The molecule has 2 aromatic rings. The van der Waals surface area contributed by atoms with Gasteiger partial charge in [0.05, 0.1) is 5.52 Å². The molecule has 0 saturated carbocycles. The molecule has 0 unspecified atom stereocenters. The van der Waals surface area contributed by atoms with Crippen molar-refractivity contribution in [2.75, 3.05) is 12.4 Å². The summed E-state index contributed by atoms with van der Waals surface area (Å²) in [7, 11) is 0. The Balaban J connectivity index is 2.16. The lowest BCUT2D eigenvalue weighted by Gasteiger charge is -1.99. The Morgan fingerprint density at radius 2 is 1.93 bits per heavy atom. The second-order valence-corrected chi connectivity index (χ2v) is 4.07. The van der Waals surface area contributed by atoms with Crippen LogP contribution in [0.25, 0.3) is 11.0 Å². The topological polar surface area (TPSA) is 58.9 Å². The number of hydrogen-bond acceptors (Lipinski definition) is 5. The van der Waals surface area contributed by atoms with Crippen LogP contribution < -0.4 is 0 Å². The molecule has 5 heteroatoms. The van der Waals surface area contributed by atoms with E-state index < -0.39 is 0 Å². The Bertz CT molecular complexity index is 449. The van der Waals surface area contributed by atoms with E-state index in [-0.39, 0.29) is 6.61 Å². The molecular weight excluding hydrogens is 210 g/mol. The number of thioether (sulfide) groups is 1. The maximum Gasteiger partial charge on any atom is 0.209 e. The van der Waals surface area contributed by atoms with Crippen LogP contribution in [0.4, 0.5) is 0 Å². The molecule has 0 spiro atoms. The van der Waals surface area contributed by atoms with Gasteiger partial charge in [-0.15, -0.1) is 10.2 Å². The van der Waals surface area contributed by atoms with Gasteiger partial charge in [0.2, 0.25) is 5.16 Å². The molecule has 0 bridgehead atoms. The number of nitrogens with zero attached hydrogens (tertiary/aromatic N) is 3. The van der Waals surface area contributed by atoms with E-state index in [1.807, 2.05) is 24.3 Å². The first-order chi connectivity index (χ1) is 7.40. The molecule has 1 heterocycles. The number of rotatable bonds is 4. The first-order valence-electron chi connectivity index (χ1n) is 4.73. The molecule has 0 fully saturated rings. The van der Waals surface area contributed by atoms with Gasteiger partial charge in [-0.25, -0.2) is 4.98 Å². The molecule has 0 radical (unpaired) electrons. The third kappa shape index (κ3) is 2.64. The van der Waals surface area contributed by atoms with E-state index in [2.05, 4.69) is 15.2 Å². The SMILES string of the molecule is OCCCSc1nnc2ccccc2n1. The van der Waals surface area contributed by atoms with Gasteiger partial charge in [-0.2, -0.15) is 0 Å². The van der Waals surface area contributed by atoms with E-state index in [0.717, 1.165) is 23.2 Å². The number of benzene rings is 1. The minimum Gasteiger partial charge on any atom is -0.396 e. The standard InChI is InChI=1S/C10H11N3OS/c14-6-3-7-15-10-11-8-4-1-2-5-9(8)12-13-10/h1-2,4-5,14H,3,6-7H2. The number of hydrogen-bond donors (Lipinski definition) is 1. The molecule has 0 aliphatic carbocycles. The van der Waals surface area contributed by atoms with Crippen molar-refractivity contribution in [1.82, 2.24) is 15.2 Å². The van der Waals surface area contributed by atoms with E-state index in [9.17, 15) is 0 Å². The first kappa shape index (κ1) is 10.3. The van der Waals surface area contributed by atoms with Gasteiger partial charge in [-0.05, 0) is 18.6 Å². The zero-order valence-corrected chi connectivity index (χ0v) is 8.94. The van der Waals surface area contributed by atoms with Crippen LogP contribution in [0.1, 0.15) is 6.42 Å². The van der Waals surface area contributed by atoms with Gasteiger partial charge >= 0.3 is 0 Å². The molecule has 0 amide bonds. The van der Waals surface area contributed by atoms with Crippen LogP contribution in [0.15, 0.2) is 29.4 Å². The van der Waals surface area contributed by atoms with Gasteiger partial charge in [0.15, 0.2) is 0 Å². The molecule has 1 aromatic heterocycles. The molecule has 2 rings (SSSR count). The zero-order chi connectivity index (χ0) is 10.5. The quantitative estimate of drug-likeness (QED) is 0.626. The fraction of sp³-hybridized carbons (Fsp3) is 0.300. The maximum atomic E-state index is 8.65. The number of para-hydroxylation sites is 1. The average molecular weight is 221 g/mol. The van der Waals surface area contributed by atoms with Crippen LogP contribution in [-0.2, 0) is 0 Å². The third-order valence-electron chi connectivity index (χ3n) is 1.87. The average Bonchev–Trinajstić information content (AvgIpc) is 2.29. The predicted octanol–water partition coefficient (Wildman–Crippen LogP) is 1.50. The van der Waals surface area contributed by atoms with E-state index in [0.29, 0.717) is 5.16 Å². The van der Waals surface area contributed by atoms with Crippen LogP contribution in [0, 0.1) is 0 Å². The van der Waals surface area contributed by atoms with Crippen LogP contribution in [0.5, 0.6) is 0 Å². The molecule has 0 saturated heterocycles. The van der Waals surface area contributed by atoms with Crippen molar-refractivity contribution in [3.63, 3.8) is 0 Å². The highest BCUT2D eigenvalue weighted by molar-refractivity contribution is 7.99. The summed E-state index contributed by atoms with van der Waals surface area (Å²) in [6.07, 6.45) is 0.751. The molecule has 0 aliphatic rings. The lowest BCUT2D eigenvalue weighted by Crippen LogP contribution is -1.94.